The minimum atomic E-state index is -0.757. The van der Waals surface area contributed by atoms with Crippen LogP contribution < -0.4 is 0 Å². The first kappa shape index (κ1) is 14.5. The standard InChI is InChI=1S/C12H20N2O4/c1-12(2,3)18-11(17)14-6-8(9(15)7-14)10(16)13(4)5/h8H,6-7H2,1-5H3. The fraction of sp³-hybridized carbons (Fsp3) is 0.750. The summed E-state index contributed by atoms with van der Waals surface area (Å²) in [4.78, 5) is 37.8. The van der Waals surface area contributed by atoms with Crippen LogP contribution in [0.3, 0.4) is 0 Å². The zero-order valence-corrected chi connectivity index (χ0v) is 11.5. The molecule has 6 nitrogen and oxygen atoms in total. The topological polar surface area (TPSA) is 66.9 Å². The molecule has 0 bridgehead atoms. The van der Waals surface area contributed by atoms with Crippen LogP contribution in [0.4, 0.5) is 4.79 Å². The summed E-state index contributed by atoms with van der Waals surface area (Å²) in [6.45, 7) is 5.31. The van der Waals surface area contributed by atoms with Gasteiger partial charge in [-0.1, -0.05) is 0 Å². The number of nitrogens with zero attached hydrogens (tertiary/aromatic N) is 2. The van der Waals surface area contributed by atoms with E-state index in [4.69, 9.17) is 4.74 Å². The van der Waals surface area contributed by atoms with Crippen molar-refractivity contribution in [2.75, 3.05) is 27.2 Å². The molecule has 0 aromatic heterocycles. The number of ether oxygens (including phenoxy) is 1. The van der Waals surface area contributed by atoms with E-state index >= 15 is 0 Å². The van der Waals surface area contributed by atoms with Crippen molar-refractivity contribution in [1.29, 1.82) is 0 Å². The van der Waals surface area contributed by atoms with Crippen molar-refractivity contribution in [3.8, 4) is 0 Å². The summed E-state index contributed by atoms with van der Waals surface area (Å²) in [6.07, 6.45) is -0.551. The number of rotatable bonds is 1. The third kappa shape index (κ3) is 3.45. The van der Waals surface area contributed by atoms with Crippen LogP contribution in [0.5, 0.6) is 0 Å². The summed E-state index contributed by atoms with van der Waals surface area (Å²) in [5.74, 6) is -1.27. The molecule has 0 saturated carbocycles. The molecule has 0 radical (unpaired) electrons. The molecule has 1 unspecified atom stereocenters. The highest BCUT2D eigenvalue weighted by molar-refractivity contribution is 6.05. The largest absolute Gasteiger partial charge is 0.444 e. The molecular weight excluding hydrogens is 236 g/mol. The Balaban J connectivity index is 2.67. The molecular formula is C12H20N2O4. The molecule has 2 amide bonds. The van der Waals surface area contributed by atoms with Gasteiger partial charge in [0.25, 0.3) is 0 Å². The Hall–Kier alpha value is -1.59. The first-order valence-corrected chi connectivity index (χ1v) is 5.83. The molecule has 102 valence electrons. The number of Topliss-reactive ketones (excluding diaryl/α,β-unsaturated/α-hetero) is 1. The van der Waals surface area contributed by atoms with Gasteiger partial charge in [0, 0.05) is 20.6 Å². The minimum Gasteiger partial charge on any atom is -0.444 e. The van der Waals surface area contributed by atoms with Gasteiger partial charge in [-0.25, -0.2) is 4.79 Å². The number of hydrogen-bond acceptors (Lipinski definition) is 4. The van der Waals surface area contributed by atoms with E-state index in [0.717, 1.165) is 0 Å². The fourth-order valence-corrected chi connectivity index (χ4v) is 1.68. The molecule has 18 heavy (non-hydrogen) atoms. The van der Waals surface area contributed by atoms with Gasteiger partial charge in [0.05, 0.1) is 6.54 Å². The first-order valence-electron chi connectivity index (χ1n) is 5.83. The van der Waals surface area contributed by atoms with Crippen LogP contribution in [0.15, 0.2) is 0 Å². The van der Waals surface area contributed by atoms with Crippen LogP contribution in [0.1, 0.15) is 20.8 Å². The predicted molar refractivity (Wildman–Crippen MR) is 65.0 cm³/mol. The summed E-state index contributed by atoms with van der Waals surface area (Å²) < 4.78 is 5.17. The maximum Gasteiger partial charge on any atom is 0.410 e. The molecule has 0 N–H and O–H groups in total. The molecule has 0 aromatic rings. The smallest absolute Gasteiger partial charge is 0.410 e. The molecule has 1 heterocycles. The lowest BCUT2D eigenvalue weighted by atomic mass is 10.1. The van der Waals surface area contributed by atoms with Gasteiger partial charge in [-0.05, 0) is 20.8 Å². The quantitative estimate of drug-likeness (QED) is 0.641. The van der Waals surface area contributed by atoms with Crippen LogP contribution in [-0.2, 0) is 14.3 Å². The molecule has 6 heteroatoms. The van der Waals surface area contributed by atoms with Crippen molar-refractivity contribution < 1.29 is 19.1 Å². The summed E-state index contributed by atoms with van der Waals surface area (Å²) >= 11 is 0. The number of ketones is 1. The average Bonchev–Trinajstić information content (AvgIpc) is 2.56. The molecule has 0 spiro atoms. The molecule has 0 aromatic carbocycles. The molecule has 0 aliphatic carbocycles. The predicted octanol–water partition coefficient (Wildman–Crippen LogP) is 0.511. The van der Waals surface area contributed by atoms with Crippen LogP contribution in [0.25, 0.3) is 0 Å². The Kier molecular flexibility index (Phi) is 3.98. The van der Waals surface area contributed by atoms with Gasteiger partial charge in [0.1, 0.15) is 11.5 Å². The molecule has 1 aliphatic heterocycles. The second-order valence-electron chi connectivity index (χ2n) is 5.61. The van der Waals surface area contributed by atoms with Crippen molar-refractivity contribution in [1.82, 2.24) is 9.80 Å². The third-order valence-electron chi connectivity index (χ3n) is 2.53. The van der Waals surface area contributed by atoms with Gasteiger partial charge in [0.2, 0.25) is 5.91 Å². The van der Waals surface area contributed by atoms with E-state index in [9.17, 15) is 14.4 Å². The molecule has 1 rings (SSSR count). The lowest BCUT2D eigenvalue weighted by molar-refractivity contribution is -0.137. The normalized spacial score (nSPS) is 19.9. The number of carbonyl (C=O) groups excluding carboxylic acids is 3. The van der Waals surface area contributed by atoms with Crippen LogP contribution in [0, 0.1) is 5.92 Å². The van der Waals surface area contributed by atoms with Crippen LogP contribution in [-0.4, -0.2) is 60.4 Å². The van der Waals surface area contributed by atoms with Crippen molar-refractivity contribution in [2.24, 2.45) is 5.92 Å². The van der Waals surface area contributed by atoms with E-state index in [1.165, 1.54) is 9.80 Å². The average molecular weight is 256 g/mol. The monoisotopic (exact) mass is 256 g/mol. The van der Waals surface area contributed by atoms with Gasteiger partial charge in [-0.2, -0.15) is 0 Å². The maximum atomic E-state index is 11.8. The maximum absolute atomic E-state index is 11.8. The van der Waals surface area contributed by atoms with Crippen molar-refractivity contribution in [3.63, 3.8) is 0 Å². The SMILES string of the molecule is CN(C)C(=O)C1CN(C(=O)OC(C)(C)C)CC1=O. The summed E-state index contributed by atoms with van der Waals surface area (Å²) in [7, 11) is 3.18. The van der Waals surface area contributed by atoms with E-state index in [0.29, 0.717) is 0 Å². The first-order chi connectivity index (χ1) is 8.11. The number of likely N-dealkylation sites (tertiary alicyclic amines) is 1. The summed E-state index contributed by atoms with van der Waals surface area (Å²) in [5.41, 5.74) is -0.607. The Morgan fingerprint density at radius 3 is 2.33 bits per heavy atom. The van der Waals surface area contributed by atoms with E-state index in [-0.39, 0.29) is 24.8 Å². The van der Waals surface area contributed by atoms with Crippen LogP contribution in [0.2, 0.25) is 0 Å². The van der Waals surface area contributed by atoms with E-state index < -0.39 is 17.6 Å². The molecule has 1 aliphatic rings. The van der Waals surface area contributed by atoms with Crippen molar-refractivity contribution in [3.05, 3.63) is 0 Å². The third-order valence-corrected chi connectivity index (χ3v) is 2.53. The van der Waals surface area contributed by atoms with Gasteiger partial charge in [-0.15, -0.1) is 0 Å². The van der Waals surface area contributed by atoms with Crippen molar-refractivity contribution in [2.45, 2.75) is 26.4 Å². The zero-order chi connectivity index (χ0) is 14.1. The second kappa shape index (κ2) is 4.96. The highest BCUT2D eigenvalue weighted by Crippen LogP contribution is 2.18. The molecule has 1 saturated heterocycles. The minimum absolute atomic E-state index is 0.0564. The lowest BCUT2D eigenvalue weighted by Gasteiger charge is -2.24. The Morgan fingerprint density at radius 2 is 1.89 bits per heavy atom. The van der Waals surface area contributed by atoms with Crippen LogP contribution >= 0.6 is 0 Å². The Bertz CT molecular complexity index is 371. The van der Waals surface area contributed by atoms with E-state index in [2.05, 4.69) is 0 Å². The van der Waals surface area contributed by atoms with E-state index in [1.54, 1.807) is 34.9 Å². The number of amides is 2. The Labute approximate surface area is 107 Å². The highest BCUT2D eigenvalue weighted by atomic mass is 16.6. The van der Waals surface area contributed by atoms with Gasteiger partial charge in [0.15, 0.2) is 5.78 Å². The number of hydrogen-bond donors (Lipinski definition) is 0. The van der Waals surface area contributed by atoms with Gasteiger partial charge in [-0.3, -0.25) is 14.5 Å². The van der Waals surface area contributed by atoms with E-state index in [1.807, 2.05) is 0 Å². The molecule has 1 atom stereocenters. The molecule has 1 fully saturated rings. The Morgan fingerprint density at radius 1 is 1.33 bits per heavy atom. The summed E-state index contributed by atoms with van der Waals surface area (Å²) in [5, 5.41) is 0. The van der Waals surface area contributed by atoms with Gasteiger partial charge >= 0.3 is 6.09 Å². The lowest BCUT2D eigenvalue weighted by Crippen LogP contribution is -2.37. The van der Waals surface area contributed by atoms with Gasteiger partial charge < -0.3 is 9.64 Å². The summed E-state index contributed by atoms with van der Waals surface area (Å²) in [6, 6.07) is 0. The van der Waals surface area contributed by atoms with Crippen molar-refractivity contribution >= 4 is 17.8 Å². The second-order valence-corrected chi connectivity index (χ2v) is 5.61. The zero-order valence-electron chi connectivity index (χ0n) is 11.5. The fourth-order valence-electron chi connectivity index (χ4n) is 1.68. The highest BCUT2D eigenvalue weighted by Gasteiger charge is 2.40. The number of carbonyl (C=O) groups is 3.